The Morgan fingerprint density at radius 1 is 0.467 bits per heavy atom. The molecule has 3 aromatic carbocycles. The largest absolute Gasteiger partial charge is 0.508 e. The zero-order valence-electron chi connectivity index (χ0n) is 16.1. The van der Waals surface area contributed by atoms with E-state index in [0.717, 1.165) is 10.8 Å². The van der Waals surface area contributed by atoms with Gasteiger partial charge in [0.2, 0.25) is 0 Å². The van der Waals surface area contributed by atoms with Crippen molar-refractivity contribution in [1.82, 2.24) is 9.97 Å². The molecule has 30 heavy (non-hydrogen) atoms. The number of phenols is 3. The molecule has 0 aliphatic rings. The summed E-state index contributed by atoms with van der Waals surface area (Å²) < 4.78 is 0. The molecule has 3 radical (unpaired) electrons. The number of para-hydroxylation sites is 3. The van der Waals surface area contributed by atoms with E-state index in [2.05, 4.69) is 9.97 Å². The number of benzene rings is 3. The van der Waals surface area contributed by atoms with Gasteiger partial charge >= 0.3 is 0 Å². The Kier molecular flexibility index (Phi) is 8.64. The molecule has 0 fully saturated rings. The van der Waals surface area contributed by atoms with Crippen LogP contribution in [0.3, 0.4) is 0 Å². The van der Waals surface area contributed by atoms with Gasteiger partial charge < -0.3 is 15.3 Å². The Labute approximate surface area is 185 Å². The third-order valence-electron chi connectivity index (χ3n) is 3.98. The molecular weight excluding hydrogens is 391 g/mol. The lowest BCUT2D eigenvalue weighted by Gasteiger charge is -1.96. The molecule has 5 aromatic rings. The van der Waals surface area contributed by atoms with Crippen molar-refractivity contribution in [1.29, 1.82) is 0 Å². The minimum absolute atomic E-state index is 0. The van der Waals surface area contributed by atoms with Crippen molar-refractivity contribution >= 4 is 39.2 Å². The Balaban J connectivity index is 0.000000162. The van der Waals surface area contributed by atoms with Crippen LogP contribution >= 0.6 is 0 Å². The quantitative estimate of drug-likeness (QED) is 0.316. The highest BCUT2D eigenvalue weighted by molar-refractivity contribution is 5.84. The fourth-order valence-electron chi connectivity index (χ4n) is 2.60. The minimum atomic E-state index is 0. The second kappa shape index (κ2) is 11.4. The average molecular weight is 411 g/mol. The number of aromatic nitrogens is 2. The number of aromatic hydroxyl groups is 3. The van der Waals surface area contributed by atoms with Gasteiger partial charge in [-0.2, -0.15) is 0 Å². The van der Waals surface area contributed by atoms with Crippen LogP contribution in [0.2, 0.25) is 0 Å². The Morgan fingerprint density at radius 2 is 0.900 bits per heavy atom. The van der Waals surface area contributed by atoms with E-state index >= 15 is 0 Å². The summed E-state index contributed by atoms with van der Waals surface area (Å²) in [6.45, 7) is 0. The second-order valence-electron chi connectivity index (χ2n) is 6.04. The van der Waals surface area contributed by atoms with Crippen LogP contribution in [0.15, 0.2) is 103 Å². The first-order valence-electron chi connectivity index (χ1n) is 8.94. The van der Waals surface area contributed by atoms with Gasteiger partial charge in [0.1, 0.15) is 28.3 Å². The van der Waals surface area contributed by atoms with Gasteiger partial charge in [-0.3, -0.25) is 9.97 Å². The van der Waals surface area contributed by atoms with E-state index in [4.69, 9.17) is 5.11 Å². The first-order chi connectivity index (χ1) is 14.1. The van der Waals surface area contributed by atoms with Crippen molar-refractivity contribution in [3.63, 3.8) is 0 Å². The summed E-state index contributed by atoms with van der Waals surface area (Å²) >= 11 is 0. The molecule has 147 valence electrons. The molecule has 0 atom stereocenters. The molecule has 2 aromatic heterocycles. The summed E-state index contributed by atoms with van der Waals surface area (Å²) in [4.78, 5) is 8.06. The van der Waals surface area contributed by atoms with Gasteiger partial charge in [0.25, 0.3) is 0 Å². The molecule has 0 aliphatic heterocycles. The number of hydrogen-bond acceptors (Lipinski definition) is 5. The number of pyridine rings is 2. The lowest BCUT2D eigenvalue weighted by molar-refractivity contribution is 0.475. The van der Waals surface area contributed by atoms with Crippen molar-refractivity contribution in [3.05, 3.63) is 103 Å². The first-order valence-corrected chi connectivity index (χ1v) is 8.94. The number of phenolic OH excluding ortho intramolecular Hbond substituents is 3. The molecule has 5 rings (SSSR count). The SMILES string of the molecule is Oc1cccc2cccnc12.Oc1cccc2cccnc12.Oc1ccccc1.[Al]. The molecule has 0 amide bonds. The van der Waals surface area contributed by atoms with E-state index in [0.29, 0.717) is 16.8 Å². The lowest BCUT2D eigenvalue weighted by atomic mass is 10.2. The standard InChI is InChI=1S/2C9H7NO.C6H6O.Al/c2*11-8-5-1-3-7-4-2-6-10-9(7)8;7-6-4-2-1-3-5-6;/h2*1-6,11H;1-5,7H;. The molecule has 0 bridgehead atoms. The maximum Gasteiger partial charge on any atom is 0.141 e. The summed E-state index contributed by atoms with van der Waals surface area (Å²) in [5, 5.41) is 29.2. The smallest absolute Gasteiger partial charge is 0.141 e. The van der Waals surface area contributed by atoms with E-state index in [-0.39, 0.29) is 28.9 Å². The van der Waals surface area contributed by atoms with Crippen molar-refractivity contribution in [2.24, 2.45) is 0 Å². The maximum absolute atomic E-state index is 9.31. The first kappa shape index (κ1) is 22.7. The number of rotatable bonds is 0. The van der Waals surface area contributed by atoms with Crippen LogP contribution in [0.4, 0.5) is 0 Å². The lowest BCUT2D eigenvalue weighted by Crippen LogP contribution is -1.76. The van der Waals surface area contributed by atoms with Crippen molar-refractivity contribution < 1.29 is 15.3 Å². The molecule has 5 nitrogen and oxygen atoms in total. The molecular formula is C24H20AlN2O3. The monoisotopic (exact) mass is 411 g/mol. The van der Waals surface area contributed by atoms with Gasteiger partial charge in [0.05, 0.1) is 0 Å². The van der Waals surface area contributed by atoms with Crippen LogP contribution in [-0.2, 0) is 0 Å². The summed E-state index contributed by atoms with van der Waals surface area (Å²) in [5.74, 6) is 0.800. The average Bonchev–Trinajstić information content (AvgIpc) is 2.76. The highest BCUT2D eigenvalue weighted by Gasteiger charge is 1.97. The third-order valence-corrected chi connectivity index (χ3v) is 3.98. The van der Waals surface area contributed by atoms with Gasteiger partial charge in [-0.25, -0.2) is 0 Å². The summed E-state index contributed by atoms with van der Waals surface area (Å²) in [7, 11) is 0. The molecule has 0 aliphatic carbocycles. The molecule has 0 unspecified atom stereocenters. The zero-order chi connectivity index (χ0) is 20.5. The van der Waals surface area contributed by atoms with Crippen LogP contribution in [0.25, 0.3) is 21.8 Å². The molecule has 0 saturated heterocycles. The van der Waals surface area contributed by atoms with Gasteiger partial charge in [-0.15, -0.1) is 0 Å². The highest BCUT2D eigenvalue weighted by Crippen LogP contribution is 2.21. The summed E-state index contributed by atoms with van der Waals surface area (Å²) in [5.41, 5.74) is 1.32. The molecule has 0 saturated carbocycles. The third kappa shape index (κ3) is 6.21. The van der Waals surface area contributed by atoms with Crippen LogP contribution in [0, 0.1) is 0 Å². The normalized spacial score (nSPS) is 9.47. The minimum Gasteiger partial charge on any atom is -0.508 e. The second-order valence-corrected chi connectivity index (χ2v) is 6.04. The van der Waals surface area contributed by atoms with Gasteiger partial charge in [0, 0.05) is 40.5 Å². The number of hydrogen-bond donors (Lipinski definition) is 3. The number of fused-ring (bicyclic) bond motifs is 2. The van der Waals surface area contributed by atoms with E-state index in [1.165, 1.54) is 0 Å². The van der Waals surface area contributed by atoms with Crippen LogP contribution in [0.1, 0.15) is 0 Å². The fraction of sp³-hybridized carbons (Fsp3) is 0. The Hall–Kier alpha value is -3.59. The Bertz CT molecular complexity index is 1110. The van der Waals surface area contributed by atoms with Gasteiger partial charge in [-0.1, -0.05) is 54.6 Å². The van der Waals surface area contributed by atoms with Crippen molar-refractivity contribution in [2.75, 3.05) is 0 Å². The van der Waals surface area contributed by atoms with Crippen LogP contribution in [0.5, 0.6) is 17.2 Å². The molecule has 2 heterocycles. The van der Waals surface area contributed by atoms with Crippen molar-refractivity contribution in [3.8, 4) is 17.2 Å². The Morgan fingerprint density at radius 3 is 1.27 bits per heavy atom. The summed E-state index contributed by atoms with van der Waals surface area (Å²) in [6, 6.07) is 27.0. The molecule has 6 heteroatoms. The van der Waals surface area contributed by atoms with Gasteiger partial charge in [0.15, 0.2) is 0 Å². The van der Waals surface area contributed by atoms with Crippen LogP contribution < -0.4 is 0 Å². The van der Waals surface area contributed by atoms with Gasteiger partial charge in [-0.05, 0) is 36.4 Å². The topological polar surface area (TPSA) is 86.5 Å². The van der Waals surface area contributed by atoms with E-state index in [1.54, 1.807) is 60.9 Å². The number of nitrogens with zero attached hydrogens (tertiary/aromatic N) is 2. The maximum atomic E-state index is 9.31. The zero-order valence-corrected chi connectivity index (χ0v) is 17.3. The van der Waals surface area contributed by atoms with Crippen LogP contribution in [-0.4, -0.2) is 42.6 Å². The predicted molar refractivity (Wildman–Crippen MR) is 121 cm³/mol. The van der Waals surface area contributed by atoms with E-state index < -0.39 is 0 Å². The van der Waals surface area contributed by atoms with E-state index in [9.17, 15) is 10.2 Å². The molecule has 3 N–H and O–H groups in total. The fourth-order valence-corrected chi connectivity index (χ4v) is 2.60. The van der Waals surface area contributed by atoms with Crippen molar-refractivity contribution in [2.45, 2.75) is 0 Å². The predicted octanol–water partition coefficient (Wildman–Crippen LogP) is 4.89. The van der Waals surface area contributed by atoms with E-state index in [1.807, 2.05) is 42.5 Å². The highest BCUT2D eigenvalue weighted by atomic mass is 27.0. The summed E-state index contributed by atoms with van der Waals surface area (Å²) in [6.07, 6.45) is 3.34. The molecule has 0 spiro atoms.